The third-order valence-corrected chi connectivity index (χ3v) is 4.35. The molecule has 3 rings (SSSR count). The predicted octanol–water partition coefficient (Wildman–Crippen LogP) is 3.88. The van der Waals surface area contributed by atoms with E-state index in [2.05, 4.69) is 11.4 Å². The Morgan fingerprint density at radius 3 is 2.76 bits per heavy atom. The van der Waals surface area contributed by atoms with Crippen LogP contribution in [0.15, 0.2) is 42.5 Å². The lowest BCUT2D eigenvalue weighted by Crippen LogP contribution is -2.30. The average Bonchev–Trinajstić information content (AvgIpc) is 2.62. The Balaban J connectivity index is 1.69. The van der Waals surface area contributed by atoms with Crippen LogP contribution in [0.3, 0.4) is 0 Å². The largest absolute Gasteiger partial charge is 0.481 e. The zero-order valence-corrected chi connectivity index (χ0v) is 14.0. The smallest absolute Gasteiger partial charge is 0.271 e. The fourth-order valence-electron chi connectivity index (χ4n) is 3.04. The number of non-ortho nitro benzene ring substituents is 1. The molecule has 0 spiro atoms. The average molecular weight is 340 g/mol. The van der Waals surface area contributed by atoms with Crippen molar-refractivity contribution < 1.29 is 14.5 Å². The van der Waals surface area contributed by atoms with Crippen LogP contribution in [-0.4, -0.2) is 16.9 Å². The number of carbonyl (C=O) groups is 1. The van der Waals surface area contributed by atoms with Gasteiger partial charge in [-0.3, -0.25) is 14.9 Å². The van der Waals surface area contributed by atoms with E-state index >= 15 is 0 Å². The molecule has 0 unspecified atom stereocenters. The van der Waals surface area contributed by atoms with Crippen molar-refractivity contribution in [1.29, 1.82) is 0 Å². The summed E-state index contributed by atoms with van der Waals surface area (Å²) in [4.78, 5) is 22.7. The first kappa shape index (κ1) is 17.0. The minimum atomic E-state index is -0.701. The number of rotatable bonds is 5. The summed E-state index contributed by atoms with van der Waals surface area (Å²) in [7, 11) is 0. The fourth-order valence-corrected chi connectivity index (χ4v) is 3.04. The van der Waals surface area contributed by atoms with Gasteiger partial charge in [0.25, 0.3) is 11.6 Å². The number of hydrogen-bond acceptors (Lipinski definition) is 4. The zero-order valence-electron chi connectivity index (χ0n) is 14.0. The van der Waals surface area contributed by atoms with Crippen molar-refractivity contribution in [3.05, 3.63) is 63.7 Å². The van der Waals surface area contributed by atoms with Crippen molar-refractivity contribution in [3.63, 3.8) is 0 Å². The molecule has 1 atom stereocenters. The van der Waals surface area contributed by atoms with Gasteiger partial charge in [0.1, 0.15) is 5.75 Å². The van der Waals surface area contributed by atoms with Crippen LogP contribution in [-0.2, 0) is 17.6 Å². The van der Waals surface area contributed by atoms with Crippen LogP contribution in [0, 0.1) is 10.1 Å². The molecule has 130 valence electrons. The van der Waals surface area contributed by atoms with Gasteiger partial charge in [-0.15, -0.1) is 0 Å². The molecule has 0 radical (unpaired) electrons. The highest BCUT2D eigenvalue weighted by atomic mass is 16.6. The molecule has 6 nitrogen and oxygen atoms in total. The van der Waals surface area contributed by atoms with E-state index in [1.54, 1.807) is 13.0 Å². The molecule has 0 heterocycles. The lowest BCUT2D eigenvalue weighted by molar-refractivity contribution is -0.384. The van der Waals surface area contributed by atoms with Gasteiger partial charge in [0, 0.05) is 17.8 Å². The Bertz CT molecular complexity index is 804. The summed E-state index contributed by atoms with van der Waals surface area (Å²) < 4.78 is 5.88. The molecule has 6 heteroatoms. The quantitative estimate of drug-likeness (QED) is 0.661. The lowest BCUT2D eigenvalue weighted by Gasteiger charge is -2.22. The van der Waals surface area contributed by atoms with Crippen LogP contribution in [0.5, 0.6) is 5.75 Å². The predicted molar refractivity (Wildman–Crippen MR) is 94.9 cm³/mol. The summed E-state index contributed by atoms with van der Waals surface area (Å²) in [6.45, 7) is 1.68. The third kappa shape index (κ3) is 3.96. The molecule has 1 amide bonds. The molecule has 1 N–H and O–H groups in total. The molecule has 0 fully saturated rings. The molecular formula is C19H20N2O4. The number of nitro benzene ring substituents is 1. The van der Waals surface area contributed by atoms with Gasteiger partial charge in [0.15, 0.2) is 6.10 Å². The van der Waals surface area contributed by atoms with E-state index in [9.17, 15) is 14.9 Å². The number of nitro groups is 1. The highest BCUT2D eigenvalue weighted by Crippen LogP contribution is 2.30. The summed E-state index contributed by atoms with van der Waals surface area (Å²) in [5.74, 6) is 0.410. The van der Waals surface area contributed by atoms with Gasteiger partial charge in [-0.25, -0.2) is 0 Å². The third-order valence-electron chi connectivity index (χ3n) is 4.35. The topological polar surface area (TPSA) is 81.5 Å². The number of fused-ring (bicyclic) bond motifs is 1. The highest BCUT2D eigenvalue weighted by molar-refractivity contribution is 5.94. The number of nitrogens with one attached hydrogen (secondary N) is 1. The number of aryl methyl sites for hydroxylation is 1. The molecule has 2 aromatic rings. The van der Waals surface area contributed by atoms with E-state index < -0.39 is 11.0 Å². The second kappa shape index (κ2) is 7.34. The van der Waals surface area contributed by atoms with Gasteiger partial charge in [-0.2, -0.15) is 0 Å². The van der Waals surface area contributed by atoms with E-state index in [1.165, 1.54) is 35.7 Å². The monoisotopic (exact) mass is 340 g/mol. The van der Waals surface area contributed by atoms with Gasteiger partial charge in [0.05, 0.1) is 4.92 Å². The molecule has 0 bridgehead atoms. The molecular weight excluding hydrogens is 320 g/mol. The van der Waals surface area contributed by atoms with E-state index in [1.807, 2.05) is 12.1 Å². The Kier molecular flexibility index (Phi) is 4.97. The Hall–Kier alpha value is -2.89. The second-order valence-electron chi connectivity index (χ2n) is 6.16. The lowest BCUT2D eigenvalue weighted by atomic mass is 9.91. The molecule has 0 aliphatic heterocycles. The van der Waals surface area contributed by atoms with Crippen molar-refractivity contribution >= 4 is 17.3 Å². The van der Waals surface area contributed by atoms with E-state index in [4.69, 9.17) is 4.74 Å². The summed E-state index contributed by atoms with van der Waals surface area (Å²) in [5, 5.41) is 13.5. The van der Waals surface area contributed by atoms with Crippen LogP contribution in [0.25, 0.3) is 0 Å². The van der Waals surface area contributed by atoms with Crippen molar-refractivity contribution in [2.24, 2.45) is 0 Å². The molecule has 2 aromatic carbocycles. The molecule has 0 saturated heterocycles. The molecule has 1 aliphatic carbocycles. The standard InChI is InChI=1S/C19H20N2O4/c1-13(19(22)20-15-8-5-9-16(12-15)21(23)24)25-18-11-4-7-14-6-2-3-10-17(14)18/h4-5,7-9,11-13H,2-3,6,10H2,1H3,(H,20,22)/t13-/m0/s1. The second-order valence-corrected chi connectivity index (χ2v) is 6.16. The van der Waals surface area contributed by atoms with Crippen molar-refractivity contribution in [1.82, 2.24) is 0 Å². The summed E-state index contributed by atoms with van der Waals surface area (Å²) in [6, 6.07) is 11.8. The van der Waals surface area contributed by atoms with E-state index in [0.29, 0.717) is 5.69 Å². The van der Waals surface area contributed by atoms with Crippen LogP contribution in [0.1, 0.15) is 30.9 Å². The SMILES string of the molecule is C[C@H](Oc1cccc2c1CCCC2)C(=O)Nc1cccc([N+](=O)[O-])c1. The number of hydrogen-bond donors (Lipinski definition) is 1. The first-order valence-corrected chi connectivity index (χ1v) is 8.37. The molecule has 0 aromatic heterocycles. The minimum Gasteiger partial charge on any atom is -0.481 e. The number of anilines is 1. The molecule has 0 saturated carbocycles. The van der Waals surface area contributed by atoms with Gasteiger partial charge in [-0.1, -0.05) is 18.2 Å². The Morgan fingerprint density at radius 2 is 1.96 bits per heavy atom. The zero-order chi connectivity index (χ0) is 17.8. The van der Waals surface area contributed by atoms with E-state index in [0.717, 1.165) is 25.0 Å². The normalized spacial score (nSPS) is 14.3. The number of benzene rings is 2. The van der Waals surface area contributed by atoms with Crippen LogP contribution in [0.4, 0.5) is 11.4 Å². The highest BCUT2D eigenvalue weighted by Gasteiger charge is 2.20. The van der Waals surface area contributed by atoms with Crippen LogP contribution >= 0.6 is 0 Å². The molecule has 1 aliphatic rings. The van der Waals surface area contributed by atoms with Gasteiger partial charge in [0.2, 0.25) is 0 Å². The Morgan fingerprint density at radius 1 is 1.20 bits per heavy atom. The Labute approximate surface area is 146 Å². The maximum atomic E-state index is 12.4. The number of ether oxygens (including phenoxy) is 1. The van der Waals surface area contributed by atoms with E-state index in [-0.39, 0.29) is 11.6 Å². The van der Waals surface area contributed by atoms with Gasteiger partial charge < -0.3 is 10.1 Å². The van der Waals surface area contributed by atoms with Crippen molar-refractivity contribution in [2.75, 3.05) is 5.32 Å². The maximum absolute atomic E-state index is 12.4. The van der Waals surface area contributed by atoms with Crippen LogP contribution in [0.2, 0.25) is 0 Å². The van der Waals surface area contributed by atoms with Crippen LogP contribution < -0.4 is 10.1 Å². The molecule has 25 heavy (non-hydrogen) atoms. The summed E-state index contributed by atoms with van der Waals surface area (Å²) in [5.41, 5.74) is 2.78. The van der Waals surface area contributed by atoms with Crippen molar-refractivity contribution in [3.8, 4) is 5.75 Å². The number of nitrogens with zero attached hydrogens (tertiary/aromatic N) is 1. The summed E-state index contributed by atoms with van der Waals surface area (Å²) in [6.07, 6.45) is 3.61. The minimum absolute atomic E-state index is 0.0662. The first-order valence-electron chi connectivity index (χ1n) is 8.37. The van der Waals surface area contributed by atoms with Gasteiger partial charge >= 0.3 is 0 Å². The number of carbonyl (C=O) groups excluding carboxylic acids is 1. The van der Waals surface area contributed by atoms with Crippen molar-refractivity contribution in [2.45, 2.75) is 38.7 Å². The number of amides is 1. The summed E-state index contributed by atoms with van der Waals surface area (Å²) >= 11 is 0. The maximum Gasteiger partial charge on any atom is 0.271 e. The first-order chi connectivity index (χ1) is 12.0. The van der Waals surface area contributed by atoms with Gasteiger partial charge in [-0.05, 0) is 55.9 Å². The fraction of sp³-hybridized carbons (Fsp3) is 0.316.